The number of hydrogen-bond acceptors (Lipinski definition) is 5. The van der Waals surface area contributed by atoms with Crippen LogP contribution in [0.15, 0.2) is 0 Å². The second-order valence-electron chi connectivity index (χ2n) is 4.71. The van der Waals surface area contributed by atoms with E-state index in [1.165, 1.54) is 16.7 Å². The lowest BCUT2D eigenvalue weighted by Gasteiger charge is -2.28. The summed E-state index contributed by atoms with van der Waals surface area (Å²) in [5, 5.41) is 8.86. The van der Waals surface area contributed by atoms with Crippen molar-refractivity contribution in [2.45, 2.75) is 37.5 Å². The first-order chi connectivity index (χ1) is 8.25. The zero-order valence-corrected chi connectivity index (χ0v) is 11.3. The molecule has 1 aliphatic heterocycles. The number of carbonyl (C=O) groups excluding carboxylic acids is 2. The van der Waals surface area contributed by atoms with Crippen LogP contribution >= 0.6 is 11.8 Å². The van der Waals surface area contributed by atoms with E-state index < -0.39 is 16.8 Å². The lowest BCUT2D eigenvalue weighted by molar-refractivity contribution is -0.140. The number of carboxylic acids is 1. The number of rotatable bonds is 6. The third-order valence-electron chi connectivity index (χ3n) is 2.96. The number of nitrogens with two attached hydrogens (primary N) is 1. The van der Waals surface area contributed by atoms with E-state index in [2.05, 4.69) is 0 Å². The van der Waals surface area contributed by atoms with Crippen molar-refractivity contribution < 1.29 is 19.5 Å². The summed E-state index contributed by atoms with van der Waals surface area (Å²) in [7, 11) is 0. The van der Waals surface area contributed by atoms with Crippen LogP contribution in [0.25, 0.3) is 0 Å². The van der Waals surface area contributed by atoms with Crippen molar-refractivity contribution in [1.82, 2.24) is 4.90 Å². The van der Waals surface area contributed by atoms with Crippen molar-refractivity contribution in [2.75, 3.05) is 12.3 Å². The maximum absolute atomic E-state index is 11.4. The summed E-state index contributed by atoms with van der Waals surface area (Å²) >= 11 is 1.35. The number of carboxylic acid groups (broad SMARTS) is 1. The molecule has 0 aromatic rings. The van der Waals surface area contributed by atoms with Gasteiger partial charge in [-0.2, -0.15) is 11.8 Å². The highest BCUT2D eigenvalue weighted by molar-refractivity contribution is 8.00. The minimum atomic E-state index is -1.05. The third kappa shape index (κ3) is 3.46. The Labute approximate surface area is 110 Å². The monoisotopic (exact) mass is 274 g/mol. The van der Waals surface area contributed by atoms with Gasteiger partial charge in [-0.15, -0.1) is 0 Å². The van der Waals surface area contributed by atoms with Gasteiger partial charge in [0.15, 0.2) is 0 Å². The van der Waals surface area contributed by atoms with Crippen LogP contribution in [0.1, 0.15) is 26.7 Å². The third-order valence-corrected chi connectivity index (χ3v) is 4.34. The van der Waals surface area contributed by atoms with E-state index in [4.69, 9.17) is 10.8 Å². The lowest BCUT2D eigenvalue weighted by Crippen LogP contribution is -2.47. The van der Waals surface area contributed by atoms with Crippen molar-refractivity contribution in [3.8, 4) is 0 Å². The van der Waals surface area contributed by atoms with Gasteiger partial charge in [-0.25, -0.2) is 0 Å². The topological polar surface area (TPSA) is 101 Å². The summed E-state index contributed by atoms with van der Waals surface area (Å²) in [6.45, 7) is 3.80. The molecule has 1 rings (SSSR count). The van der Waals surface area contributed by atoms with Crippen molar-refractivity contribution in [1.29, 1.82) is 0 Å². The number of amides is 2. The fourth-order valence-electron chi connectivity index (χ4n) is 1.66. The number of hydrogen-bond donors (Lipinski definition) is 2. The first-order valence-corrected chi connectivity index (χ1v) is 6.70. The van der Waals surface area contributed by atoms with Crippen LogP contribution in [0.4, 0.5) is 0 Å². The number of thioether (sulfide) groups is 1. The number of aliphatic carboxylic acids is 1. The van der Waals surface area contributed by atoms with Crippen LogP contribution in [0.5, 0.6) is 0 Å². The predicted octanol–water partition coefficient (Wildman–Crippen LogP) is 0.0591. The van der Waals surface area contributed by atoms with E-state index in [0.717, 1.165) is 0 Å². The normalized spacial score (nSPS) is 18.3. The molecular formula is C11H18N2O4S. The van der Waals surface area contributed by atoms with E-state index in [1.807, 2.05) is 0 Å². The van der Waals surface area contributed by atoms with Gasteiger partial charge < -0.3 is 10.8 Å². The second-order valence-corrected chi connectivity index (χ2v) is 6.46. The Morgan fingerprint density at radius 1 is 1.44 bits per heavy atom. The van der Waals surface area contributed by atoms with Crippen LogP contribution in [0.2, 0.25) is 0 Å². The van der Waals surface area contributed by atoms with Crippen LogP contribution < -0.4 is 5.73 Å². The molecule has 6 nitrogen and oxygen atoms in total. The molecule has 0 aromatic carbocycles. The molecule has 102 valence electrons. The van der Waals surface area contributed by atoms with Crippen molar-refractivity contribution in [3.05, 3.63) is 0 Å². The molecule has 0 aliphatic carbocycles. The Morgan fingerprint density at radius 2 is 1.94 bits per heavy atom. The molecule has 1 aliphatic rings. The smallest absolute Gasteiger partial charge is 0.321 e. The molecule has 0 radical (unpaired) electrons. The van der Waals surface area contributed by atoms with Gasteiger partial charge in [0, 0.05) is 29.9 Å². The summed E-state index contributed by atoms with van der Waals surface area (Å²) in [5.74, 6) is -0.867. The molecule has 0 unspecified atom stereocenters. The lowest BCUT2D eigenvalue weighted by atomic mass is 10.1. The summed E-state index contributed by atoms with van der Waals surface area (Å²) in [5.41, 5.74) is 5.58. The van der Waals surface area contributed by atoms with E-state index >= 15 is 0 Å². The van der Waals surface area contributed by atoms with Crippen molar-refractivity contribution >= 4 is 29.5 Å². The van der Waals surface area contributed by atoms with Crippen LogP contribution in [-0.2, 0) is 14.4 Å². The standard InChI is InChI=1S/C11H18N2O4S/c1-11(2,9(12)10(16)17)18-6-5-13-7(14)3-4-8(13)15/h9H,3-6,12H2,1-2H3,(H,16,17)/t9-/m0/s1. The van der Waals surface area contributed by atoms with Gasteiger partial charge >= 0.3 is 5.97 Å². The molecule has 3 N–H and O–H groups in total. The Bertz CT molecular complexity index is 354. The molecular weight excluding hydrogens is 256 g/mol. The molecule has 7 heteroatoms. The minimum Gasteiger partial charge on any atom is -0.480 e. The molecule has 1 fully saturated rings. The zero-order valence-electron chi connectivity index (χ0n) is 10.5. The fourth-order valence-corrected chi connectivity index (χ4v) is 2.74. The van der Waals surface area contributed by atoms with Gasteiger partial charge in [-0.3, -0.25) is 19.3 Å². The highest BCUT2D eigenvalue weighted by Crippen LogP contribution is 2.27. The molecule has 0 bridgehead atoms. The number of likely N-dealkylation sites (tertiary alicyclic amines) is 1. The molecule has 0 spiro atoms. The molecule has 2 amide bonds. The number of imide groups is 1. The Kier molecular flexibility index (Phi) is 4.75. The fraction of sp³-hybridized carbons (Fsp3) is 0.727. The van der Waals surface area contributed by atoms with Gasteiger partial charge in [-0.1, -0.05) is 0 Å². The average Bonchev–Trinajstić information content (AvgIpc) is 2.59. The zero-order chi connectivity index (χ0) is 13.9. The van der Waals surface area contributed by atoms with Gasteiger partial charge in [0.25, 0.3) is 0 Å². The maximum atomic E-state index is 11.4. The number of carbonyl (C=O) groups is 3. The highest BCUT2D eigenvalue weighted by Gasteiger charge is 2.34. The number of nitrogens with zero attached hydrogens (tertiary/aromatic N) is 1. The highest BCUT2D eigenvalue weighted by atomic mass is 32.2. The molecule has 1 atom stereocenters. The van der Waals surface area contributed by atoms with Gasteiger partial charge in [0.1, 0.15) is 6.04 Å². The summed E-state index contributed by atoms with van der Waals surface area (Å²) in [6.07, 6.45) is 0.559. The Morgan fingerprint density at radius 3 is 2.39 bits per heavy atom. The van der Waals surface area contributed by atoms with Gasteiger partial charge in [0.05, 0.1) is 0 Å². The van der Waals surface area contributed by atoms with Crippen LogP contribution in [0, 0.1) is 0 Å². The van der Waals surface area contributed by atoms with Crippen molar-refractivity contribution in [3.63, 3.8) is 0 Å². The maximum Gasteiger partial charge on any atom is 0.321 e. The van der Waals surface area contributed by atoms with E-state index in [9.17, 15) is 14.4 Å². The van der Waals surface area contributed by atoms with Gasteiger partial charge in [0.2, 0.25) is 11.8 Å². The van der Waals surface area contributed by atoms with Gasteiger partial charge in [-0.05, 0) is 13.8 Å². The molecule has 0 saturated carbocycles. The SMILES string of the molecule is CC(C)(SCCN1C(=O)CCC1=O)[C@@H](N)C(=O)O. The quantitative estimate of drug-likeness (QED) is 0.664. The van der Waals surface area contributed by atoms with E-state index in [1.54, 1.807) is 13.8 Å². The summed E-state index contributed by atoms with van der Waals surface area (Å²) in [4.78, 5) is 34.8. The predicted molar refractivity (Wildman–Crippen MR) is 68.1 cm³/mol. The Hall–Kier alpha value is -1.08. The second kappa shape index (κ2) is 5.71. The molecule has 18 heavy (non-hydrogen) atoms. The molecule has 1 heterocycles. The van der Waals surface area contributed by atoms with E-state index in [-0.39, 0.29) is 24.7 Å². The summed E-state index contributed by atoms with van der Waals surface area (Å²) < 4.78 is -0.641. The molecule has 0 aromatic heterocycles. The Balaban J connectivity index is 2.44. The molecule has 1 saturated heterocycles. The van der Waals surface area contributed by atoms with Crippen LogP contribution in [0.3, 0.4) is 0 Å². The first kappa shape index (κ1) is 15.0. The average molecular weight is 274 g/mol. The van der Waals surface area contributed by atoms with Crippen LogP contribution in [-0.4, -0.2) is 50.9 Å². The summed E-state index contributed by atoms with van der Waals surface area (Å²) in [6, 6.07) is -0.979. The largest absolute Gasteiger partial charge is 0.480 e. The van der Waals surface area contributed by atoms with Crippen molar-refractivity contribution in [2.24, 2.45) is 5.73 Å². The minimum absolute atomic E-state index is 0.152. The van der Waals surface area contributed by atoms with E-state index in [0.29, 0.717) is 12.3 Å². The first-order valence-electron chi connectivity index (χ1n) is 5.71.